The fraction of sp³-hybridized carbons (Fsp3) is 0.500. The topological polar surface area (TPSA) is 178 Å². The summed E-state index contributed by atoms with van der Waals surface area (Å²) < 4.78 is 12.1. The van der Waals surface area contributed by atoms with Crippen molar-refractivity contribution < 1.29 is 24.4 Å². The first-order valence-electron chi connectivity index (χ1n) is 6.49. The maximum Gasteiger partial charge on any atom is 0.250 e. The van der Waals surface area contributed by atoms with Crippen LogP contribution in [0, 0.1) is 4.64 Å². The van der Waals surface area contributed by atoms with Gasteiger partial charge in [0.15, 0.2) is 16.8 Å². The van der Waals surface area contributed by atoms with Crippen molar-refractivity contribution in [1.82, 2.24) is 19.5 Å². The van der Waals surface area contributed by atoms with Crippen LogP contribution in [-0.4, -0.2) is 59.5 Å². The van der Waals surface area contributed by atoms with Crippen molar-refractivity contribution in [3.63, 3.8) is 0 Å². The van der Waals surface area contributed by atoms with Crippen LogP contribution in [0.4, 0.5) is 5.95 Å². The van der Waals surface area contributed by atoms with E-state index in [0.717, 1.165) is 0 Å². The van der Waals surface area contributed by atoms with Crippen molar-refractivity contribution in [2.45, 2.75) is 24.5 Å². The second kappa shape index (κ2) is 6.34. The van der Waals surface area contributed by atoms with Gasteiger partial charge < -0.3 is 35.1 Å². The number of H-pyrrole nitrogens is 1. The summed E-state index contributed by atoms with van der Waals surface area (Å²) in [5.41, 5.74) is 11.6. The van der Waals surface area contributed by atoms with E-state index >= 15 is 0 Å². The van der Waals surface area contributed by atoms with Crippen LogP contribution in [0.25, 0.3) is 11.2 Å². The Morgan fingerprint density at radius 3 is 2.91 bits per heavy atom. The zero-order valence-electron chi connectivity index (χ0n) is 11.6. The van der Waals surface area contributed by atoms with Crippen LogP contribution in [-0.2, 0) is 9.26 Å². The van der Waals surface area contributed by atoms with Gasteiger partial charge >= 0.3 is 0 Å². The van der Waals surface area contributed by atoms with E-state index in [1.54, 1.807) is 0 Å². The zero-order chi connectivity index (χ0) is 16.7. The second-order valence-corrected chi connectivity index (χ2v) is 6.17. The van der Waals surface area contributed by atoms with Gasteiger partial charge in [-0.2, -0.15) is 0 Å². The van der Waals surface area contributed by atoms with Gasteiger partial charge in [-0.25, -0.2) is 9.97 Å². The highest BCUT2D eigenvalue weighted by Crippen LogP contribution is 2.33. The van der Waals surface area contributed by atoms with Crippen LogP contribution >= 0.6 is 20.7 Å². The SMILES string of the molecule is Nc1nc(=S)c2ncn([C@@H]3O[C@H](COP(N)O)[C@@H](O)[C@H]3O)c2[nH]1. The number of nitrogens with zero attached hydrogens (tertiary/aromatic N) is 3. The molecule has 13 heteroatoms. The zero-order valence-corrected chi connectivity index (χ0v) is 13.3. The van der Waals surface area contributed by atoms with E-state index in [4.69, 9.17) is 37.6 Å². The molecule has 23 heavy (non-hydrogen) atoms. The molecule has 8 N–H and O–H groups in total. The molecule has 1 fully saturated rings. The summed E-state index contributed by atoms with van der Waals surface area (Å²) in [7, 11) is -2.08. The lowest BCUT2D eigenvalue weighted by Crippen LogP contribution is -2.33. The van der Waals surface area contributed by atoms with Crippen LogP contribution in [0.2, 0.25) is 0 Å². The maximum absolute atomic E-state index is 10.2. The third-order valence-electron chi connectivity index (χ3n) is 3.45. The molecule has 0 aliphatic carbocycles. The summed E-state index contributed by atoms with van der Waals surface area (Å²) in [6, 6.07) is 0. The van der Waals surface area contributed by atoms with Crippen LogP contribution < -0.4 is 11.2 Å². The first-order valence-corrected chi connectivity index (χ1v) is 8.18. The summed E-state index contributed by atoms with van der Waals surface area (Å²) in [5, 5.41) is 20.3. The van der Waals surface area contributed by atoms with Crippen molar-refractivity contribution in [2.24, 2.45) is 5.50 Å². The van der Waals surface area contributed by atoms with Crippen molar-refractivity contribution >= 4 is 37.9 Å². The lowest BCUT2D eigenvalue weighted by Gasteiger charge is -2.17. The Hall–Kier alpha value is -1.24. The number of hydrogen-bond donors (Lipinski definition) is 6. The van der Waals surface area contributed by atoms with Gasteiger partial charge in [0.1, 0.15) is 29.5 Å². The molecule has 0 spiro atoms. The summed E-state index contributed by atoms with van der Waals surface area (Å²) in [6.45, 7) is -0.167. The Morgan fingerprint density at radius 2 is 2.22 bits per heavy atom. The number of aromatic nitrogens is 4. The number of ether oxygens (including phenoxy) is 1. The number of aliphatic hydroxyl groups excluding tert-OH is 2. The fourth-order valence-corrected chi connectivity index (χ4v) is 2.94. The molecule has 1 aliphatic heterocycles. The number of aromatic amines is 1. The number of hydrogen-bond acceptors (Lipinski definition) is 10. The third-order valence-corrected chi connectivity index (χ3v) is 4.15. The van der Waals surface area contributed by atoms with Gasteiger partial charge in [-0.05, 0) is 0 Å². The molecule has 1 aliphatic rings. The third kappa shape index (κ3) is 3.07. The van der Waals surface area contributed by atoms with E-state index in [2.05, 4.69) is 15.0 Å². The molecule has 0 radical (unpaired) electrons. The normalized spacial score (nSPS) is 29.2. The van der Waals surface area contributed by atoms with Crippen molar-refractivity contribution in [3.05, 3.63) is 11.0 Å². The highest BCUT2D eigenvalue weighted by Gasteiger charge is 2.44. The number of rotatable bonds is 4. The molecule has 0 saturated carbocycles. The molecule has 1 saturated heterocycles. The molecule has 2 aromatic rings. The van der Waals surface area contributed by atoms with Crippen LogP contribution in [0.5, 0.6) is 0 Å². The largest absolute Gasteiger partial charge is 0.387 e. The first kappa shape index (κ1) is 16.6. The minimum atomic E-state index is -2.08. The summed E-state index contributed by atoms with van der Waals surface area (Å²) in [4.78, 5) is 19.8. The van der Waals surface area contributed by atoms with Gasteiger partial charge in [0.25, 0.3) is 0 Å². The molecule has 0 bridgehead atoms. The average molecular weight is 362 g/mol. The predicted octanol–water partition coefficient (Wildman–Crippen LogP) is -1.12. The van der Waals surface area contributed by atoms with E-state index in [1.807, 2.05) is 0 Å². The number of imidazole rings is 1. The highest BCUT2D eigenvalue weighted by atomic mass is 32.1. The molecular weight excluding hydrogens is 347 g/mol. The van der Waals surface area contributed by atoms with E-state index in [-0.39, 0.29) is 17.2 Å². The Bertz CT molecular complexity index is 768. The molecule has 126 valence electrons. The van der Waals surface area contributed by atoms with Gasteiger partial charge in [0.05, 0.1) is 12.9 Å². The van der Waals surface area contributed by atoms with E-state index in [0.29, 0.717) is 11.2 Å². The number of anilines is 1. The summed E-state index contributed by atoms with van der Waals surface area (Å²) in [6.07, 6.45) is -2.90. The number of fused-ring (bicyclic) bond motifs is 1. The van der Waals surface area contributed by atoms with Gasteiger partial charge in [-0.1, -0.05) is 12.2 Å². The van der Waals surface area contributed by atoms with E-state index < -0.39 is 33.1 Å². The van der Waals surface area contributed by atoms with Gasteiger partial charge in [-0.3, -0.25) is 10.1 Å². The first-order chi connectivity index (χ1) is 10.9. The number of nitrogens with one attached hydrogen (secondary N) is 1. The molecule has 3 heterocycles. The average Bonchev–Trinajstić information content (AvgIpc) is 3.00. The van der Waals surface area contributed by atoms with Crippen molar-refractivity contribution in [3.8, 4) is 0 Å². The van der Waals surface area contributed by atoms with Gasteiger partial charge in [0, 0.05) is 0 Å². The minimum Gasteiger partial charge on any atom is -0.387 e. The molecule has 0 amide bonds. The Morgan fingerprint density at radius 1 is 1.48 bits per heavy atom. The quantitative estimate of drug-likeness (QED) is 0.288. The monoisotopic (exact) mass is 362 g/mol. The lowest BCUT2D eigenvalue weighted by molar-refractivity contribution is -0.0472. The molecule has 5 atom stereocenters. The summed E-state index contributed by atoms with van der Waals surface area (Å²) in [5.74, 6) is 0.0891. The molecule has 11 nitrogen and oxygen atoms in total. The minimum absolute atomic E-state index is 0.0891. The Kier molecular flexibility index (Phi) is 4.58. The van der Waals surface area contributed by atoms with Gasteiger partial charge in [0.2, 0.25) is 8.53 Å². The van der Waals surface area contributed by atoms with Crippen LogP contribution in [0.3, 0.4) is 0 Å². The van der Waals surface area contributed by atoms with E-state index in [1.165, 1.54) is 10.9 Å². The fourth-order valence-electron chi connectivity index (χ4n) is 2.39. The molecule has 1 unspecified atom stereocenters. The molecular formula is C10H15N6O5PS. The predicted molar refractivity (Wildman–Crippen MR) is 82.3 cm³/mol. The second-order valence-electron chi connectivity index (χ2n) is 4.92. The molecule has 2 aromatic heterocycles. The van der Waals surface area contributed by atoms with Crippen LogP contribution in [0.15, 0.2) is 6.33 Å². The Labute approximate surface area is 135 Å². The van der Waals surface area contributed by atoms with E-state index in [9.17, 15) is 10.2 Å². The van der Waals surface area contributed by atoms with Gasteiger partial charge in [-0.15, -0.1) is 0 Å². The van der Waals surface area contributed by atoms with Crippen LogP contribution in [0.1, 0.15) is 6.23 Å². The standard InChI is InChI=1S/C10H15N6O5PS/c11-10-14-7-4(8(23)15-10)13-2-16(7)9-6(18)5(17)3(21-9)1-20-22(12)19/h2-3,5-6,9,17-19H,1,12H2,(H3,11,14,15,23)/t3-,5-,6-,9-,22?/m1/s1. The van der Waals surface area contributed by atoms with Crippen molar-refractivity contribution in [1.29, 1.82) is 0 Å². The summed E-state index contributed by atoms with van der Waals surface area (Å²) >= 11 is 5.08. The smallest absolute Gasteiger partial charge is 0.250 e. The number of nitrogen functional groups attached to an aromatic ring is 1. The number of aliphatic hydroxyl groups is 2. The molecule has 3 rings (SSSR count). The highest BCUT2D eigenvalue weighted by molar-refractivity contribution is 7.71. The Balaban J connectivity index is 1.91. The van der Waals surface area contributed by atoms with Crippen molar-refractivity contribution in [2.75, 3.05) is 12.3 Å². The lowest BCUT2D eigenvalue weighted by atomic mass is 10.1. The number of nitrogens with two attached hydrogens (primary N) is 2. The maximum atomic E-state index is 10.2. The molecule has 0 aromatic carbocycles.